The number of thioether (sulfide) groups is 1. The second kappa shape index (κ2) is 10.1. The Morgan fingerprint density at radius 3 is 2.43 bits per heavy atom. The summed E-state index contributed by atoms with van der Waals surface area (Å²) in [5, 5.41) is 3.02. The van der Waals surface area contributed by atoms with Crippen molar-refractivity contribution in [3.63, 3.8) is 0 Å². The zero-order chi connectivity index (χ0) is 20.7. The molecule has 0 heterocycles. The molecule has 0 aliphatic heterocycles. The minimum absolute atomic E-state index is 0.0688. The van der Waals surface area contributed by atoms with Crippen molar-refractivity contribution in [2.45, 2.75) is 17.9 Å². The number of amides is 2. The minimum Gasteiger partial charge on any atom is -0.449 e. The molecule has 2 amide bonds. The molecule has 0 unspecified atom stereocenters. The van der Waals surface area contributed by atoms with Gasteiger partial charge in [-0.15, -0.1) is 11.8 Å². The van der Waals surface area contributed by atoms with E-state index >= 15 is 0 Å². The minimum atomic E-state index is -1.02. The van der Waals surface area contributed by atoms with Crippen LogP contribution >= 0.6 is 23.4 Å². The summed E-state index contributed by atoms with van der Waals surface area (Å²) in [5.74, 6) is -1.00. The lowest BCUT2D eigenvalue weighted by Crippen LogP contribution is -2.30. The second-order valence-corrected chi connectivity index (χ2v) is 7.51. The van der Waals surface area contributed by atoms with Crippen molar-refractivity contribution >= 4 is 46.8 Å². The van der Waals surface area contributed by atoms with Crippen LogP contribution in [-0.2, 0) is 14.3 Å². The molecule has 8 heteroatoms. The molecule has 0 radical (unpaired) electrons. The van der Waals surface area contributed by atoms with Gasteiger partial charge in [0.05, 0.1) is 22.0 Å². The van der Waals surface area contributed by atoms with Gasteiger partial charge in [-0.05, 0) is 31.2 Å². The number of esters is 1. The van der Waals surface area contributed by atoms with Gasteiger partial charge in [-0.2, -0.15) is 0 Å². The van der Waals surface area contributed by atoms with Crippen LogP contribution in [0.4, 0.5) is 5.69 Å². The maximum atomic E-state index is 12.5. The summed E-state index contributed by atoms with van der Waals surface area (Å²) in [6.07, 6.45) is -1.02. The van der Waals surface area contributed by atoms with Gasteiger partial charge in [-0.3, -0.25) is 9.59 Å². The van der Waals surface area contributed by atoms with Crippen LogP contribution in [0.1, 0.15) is 17.3 Å². The number of halogens is 1. The maximum Gasteiger partial charge on any atom is 0.340 e. The first-order chi connectivity index (χ1) is 13.3. The highest BCUT2D eigenvalue weighted by molar-refractivity contribution is 8.00. The summed E-state index contributed by atoms with van der Waals surface area (Å²) >= 11 is 7.26. The van der Waals surface area contributed by atoms with Crippen LogP contribution in [0.5, 0.6) is 0 Å². The third-order valence-electron chi connectivity index (χ3n) is 3.74. The number of para-hydroxylation sites is 1. The average Bonchev–Trinajstić information content (AvgIpc) is 2.67. The zero-order valence-corrected chi connectivity index (χ0v) is 17.3. The van der Waals surface area contributed by atoms with E-state index in [1.54, 1.807) is 62.6 Å². The first-order valence-corrected chi connectivity index (χ1v) is 9.84. The Morgan fingerprint density at radius 1 is 1.11 bits per heavy atom. The molecular formula is C20H21ClN2O4S. The molecule has 0 fully saturated rings. The lowest BCUT2D eigenvalue weighted by molar-refractivity contribution is -0.126. The molecule has 28 heavy (non-hydrogen) atoms. The van der Waals surface area contributed by atoms with Crippen molar-refractivity contribution in [2.75, 3.05) is 25.2 Å². The van der Waals surface area contributed by atoms with Gasteiger partial charge >= 0.3 is 5.97 Å². The number of anilines is 1. The van der Waals surface area contributed by atoms with E-state index in [1.807, 2.05) is 0 Å². The number of carbonyl (C=O) groups excluding carboxylic acids is 3. The Kier molecular flexibility index (Phi) is 7.90. The van der Waals surface area contributed by atoms with E-state index in [9.17, 15) is 14.4 Å². The SMILES string of the molecule is C[C@H](OC(=O)c1ccccc1SCC(=O)N(C)C)C(=O)Nc1ccccc1Cl. The molecule has 6 nitrogen and oxygen atoms in total. The molecule has 0 aliphatic carbocycles. The van der Waals surface area contributed by atoms with Crippen LogP contribution in [0.15, 0.2) is 53.4 Å². The number of nitrogens with one attached hydrogen (secondary N) is 1. The number of hydrogen-bond donors (Lipinski definition) is 1. The topological polar surface area (TPSA) is 75.7 Å². The lowest BCUT2D eigenvalue weighted by atomic mass is 10.2. The van der Waals surface area contributed by atoms with Gasteiger partial charge in [-0.25, -0.2) is 4.79 Å². The fourth-order valence-corrected chi connectivity index (χ4v) is 3.31. The van der Waals surface area contributed by atoms with Crippen molar-refractivity contribution in [1.29, 1.82) is 0 Å². The standard InChI is InChI=1S/C20H21ClN2O4S/c1-13(19(25)22-16-10-6-5-9-15(16)21)27-20(26)14-8-4-7-11-17(14)28-12-18(24)23(2)3/h4-11,13H,12H2,1-3H3,(H,22,25)/t13-/m0/s1. The van der Waals surface area contributed by atoms with Gasteiger partial charge in [0.1, 0.15) is 0 Å². The number of carbonyl (C=O) groups is 3. The van der Waals surface area contributed by atoms with Gasteiger partial charge in [0.2, 0.25) is 5.91 Å². The van der Waals surface area contributed by atoms with Crippen molar-refractivity contribution in [3.8, 4) is 0 Å². The number of hydrogen-bond acceptors (Lipinski definition) is 5. The number of nitrogens with zero attached hydrogens (tertiary/aromatic N) is 1. The first kappa shape index (κ1) is 21.8. The monoisotopic (exact) mass is 420 g/mol. The molecular weight excluding hydrogens is 400 g/mol. The molecule has 148 valence electrons. The Balaban J connectivity index is 2.03. The highest BCUT2D eigenvalue weighted by Crippen LogP contribution is 2.24. The van der Waals surface area contributed by atoms with Gasteiger partial charge in [-0.1, -0.05) is 35.9 Å². The summed E-state index contributed by atoms with van der Waals surface area (Å²) in [4.78, 5) is 38.7. The first-order valence-electron chi connectivity index (χ1n) is 8.48. The largest absolute Gasteiger partial charge is 0.449 e. The number of ether oxygens (including phenoxy) is 1. The third-order valence-corrected chi connectivity index (χ3v) is 5.13. The lowest BCUT2D eigenvalue weighted by Gasteiger charge is -2.16. The summed E-state index contributed by atoms with van der Waals surface area (Å²) < 4.78 is 5.30. The molecule has 1 atom stereocenters. The summed E-state index contributed by atoms with van der Waals surface area (Å²) in [6.45, 7) is 1.48. The molecule has 0 saturated carbocycles. The van der Waals surface area contributed by atoms with E-state index in [0.29, 0.717) is 21.2 Å². The highest BCUT2D eigenvalue weighted by Gasteiger charge is 2.22. The van der Waals surface area contributed by atoms with E-state index in [2.05, 4.69) is 5.32 Å². The average molecular weight is 421 g/mol. The van der Waals surface area contributed by atoms with Crippen LogP contribution in [0.2, 0.25) is 5.02 Å². The molecule has 0 bridgehead atoms. The fourth-order valence-electron chi connectivity index (χ4n) is 2.10. The van der Waals surface area contributed by atoms with Crippen LogP contribution < -0.4 is 5.32 Å². The third kappa shape index (κ3) is 6.00. The predicted molar refractivity (Wildman–Crippen MR) is 111 cm³/mol. The Morgan fingerprint density at radius 2 is 1.75 bits per heavy atom. The van der Waals surface area contributed by atoms with Crippen LogP contribution in [0.25, 0.3) is 0 Å². The van der Waals surface area contributed by atoms with Gasteiger partial charge in [0.15, 0.2) is 6.10 Å². The van der Waals surface area contributed by atoms with Crippen LogP contribution in [0, 0.1) is 0 Å². The van der Waals surface area contributed by atoms with E-state index in [0.717, 1.165) is 0 Å². The smallest absolute Gasteiger partial charge is 0.340 e. The molecule has 0 aliphatic rings. The van der Waals surface area contributed by atoms with Gasteiger partial charge < -0.3 is 15.0 Å². The molecule has 1 N–H and O–H groups in total. The van der Waals surface area contributed by atoms with E-state index in [1.165, 1.54) is 23.6 Å². The maximum absolute atomic E-state index is 12.5. The van der Waals surface area contributed by atoms with Crippen molar-refractivity contribution in [3.05, 3.63) is 59.1 Å². The second-order valence-electron chi connectivity index (χ2n) is 6.09. The fraction of sp³-hybridized carbons (Fsp3) is 0.250. The van der Waals surface area contributed by atoms with Crippen molar-refractivity contribution in [1.82, 2.24) is 4.90 Å². The summed E-state index contributed by atoms with van der Waals surface area (Å²) in [7, 11) is 3.34. The Bertz CT molecular complexity index is 873. The van der Waals surface area contributed by atoms with E-state index < -0.39 is 18.0 Å². The van der Waals surface area contributed by atoms with Crippen LogP contribution in [0.3, 0.4) is 0 Å². The highest BCUT2D eigenvalue weighted by atomic mass is 35.5. The molecule has 2 rings (SSSR count). The molecule has 2 aromatic carbocycles. The van der Waals surface area contributed by atoms with E-state index in [4.69, 9.17) is 16.3 Å². The van der Waals surface area contributed by atoms with Gasteiger partial charge in [0, 0.05) is 19.0 Å². The van der Waals surface area contributed by atoms with Crippen LogP contribution in [-0.4, -0.2) is 48.6 Å². The Hall–Kier alpha value is -2.51. The van der Waals surface area contributed by atoms with Crippen molar-refractivity contribution < 1.29 is 19.1 Å². The number of benzene rings is 2. The molecule has 2 aromatic rings. The summed E-state index contributed by atoms with van der Waals surface area (Å²) in [5.41, 5.74) is 0.742. The quantitative estimate of drug-likeness (QED) is 0.546. The Labute approximate surface area is 173 Å². The van der Waals surface area contributed by atoms with E-state index in [-0.39, 0.29) is 11.7 Å². The zero-order valence-electron chi connectivity index (χ0n) is 15.8. The van der Waals surface area contributed by atoms with Gasteiger partial charge in [0.25, 0.3) is 5.91 Å². The van der Waals surface area contributed by atoms with Crippen molar-refractivity contribution in [2.24, 2.45) is 0 Å². The summed E-state index contributed by atoms with van der Waals surface area (Å²) in [6, 6.07) is 13.6. The molecule has 0 saturated heterocycles. The molecule has 0 spiro atoms. The predicted octanol–water partition coefficient (Wildman–Crippen LogP) is 3.70. The number of rotatable bonds is 7. The normalized spacial score (nSPS) is 11.4. The molecule has 0 aromatic heterocycles.